The van der Waals surface area contributed by atoms with Gasteiger partial charge in [0, 0.05) is 48.5 Å². The zero-order valence-corrected chi connectivity index (χ0v) is 21.8. The van der Waals surface area contributed by atoms with E-state index in [1.165, 1.54) is 11.3 Å². The molecule has 1 saturated heterocycles. The normalized spacial score (nSPS) is 13.4. The lowest BCUT2D eigenvalue weighted by atomic mass is 10.0. The number of para-hydroxylation sites is 1. The molecule has 0 saturated carbocycles. The molecule has 2 aromatic heterocycles. The Morgan fingerprint density at radius 2 is 1.56 bits per heavy atom. The Hall–Kier alpha value is -4.69. The van der Waals surface area contributed by atoms with Crippen molar-refractivity contribution >= 4 is 45.5 Å². The quantitative estimate of drug-likeness (QED) is 0.291. The highest BCUT2D eigenvalue weighted by Crippen LogP contribution is 2.23. The van der Waals surface area contributed by atoms with Gasteiger partial charge in [-0.2, -0.15) is 0 Å². The number of nitrogens with one attached hydrogen (secondary N) is 1. The first kappa shape index (κ1) is 24.6. The highest BCUT2D eigenvalue weighted by molar-refractivity contribution is 7.12. The standard InChI is InChI=1S/C31H25N3O4S/c35-29(22-9-7-21(8-10-22)26-20-23-4-1-2-5-27(23)38-31(26)37)32-24-11-13-25(14-12-24)33-15-17-34(18-16-33)30(36)28-6-3-19-39-28/h1-14,19-20H,15-18H2,(H,32,35). The summed E-state index contributed by atoms with van der Waals surface area (Å²) in [5.74, 6) is -0.142. The largest absolute Gasteiger partial charge is 0.422 e. The van der Waals surface area contributed by atoms with Crippen molar-refractivity contribution < 1.29 is 14.0 Å². The molecule has 7 nitrogen and oxygen atoms in total. The molecule has 3 aromatic carbocycles. The Morgan fingerprint density at radius 3 is 2.28 bits per heavy atom. The van der Waals surface area contributed by atoms with E-state index in [9.17, 15) is 14.4 Å². The van der Waals surface area contributed by atoms with Gasteiger partial charge in [0.05, 0.1) is 10.4 Å². The van der Waals surface area contributed by atoms with Crippen LogP contribution in [0.3, 0.4) is 0 Å². The van der Waals surface area contributed by atoms with E-state index in [1.54, 1.807) is 36.4 Å². The summed E-state index contributed by atoms with van der Waals surface area (Å²) in [6.45, 7) is 2.86. The Bertz CT molecular complexity index is 1690. The Balaban J connectivity index is 1.07. The number of nitrogens with zero attached hydrogens (tertiary/aromatic N) is 2. The molecule has 0 atom stereocenters. The van der Waals surface area contributed by atoms with Crippen molar-refractivity contribution in [1.29, 1.82) is 0 Å². The molecule has 1 N–H and O–H groups in total. The van der Waals surface area contributed by atoms with Crippen LogP contribution >= 0.6 is 11.3 Å². The van der Waals surface area contributed by atoms with Gasteiger partial charge < -0.3 is 19.5 Å². The number of carbonyl (C=O) groups is 2. The number of fused-ring (bicyclic) bond motifs is 1. The van der Waals surface area contributed by atoms with Gasteiger partial charge >= 0.3 is 5.63 Å². The highest BCUT2D eigenvalue weighted by atomic mass is 32.1. The predicted octanol–water partition coefficient (Wildman–Crippen LogP) is 5.74. The lowest BCUT2D eigenvalue weighted by Gasteiger charge is -2.36. The molecule has 1 aliphatic heterocycles. The van der Waals surface area contributed by atoms with Crippen molar-refractivity contribution in [1.82, 2.24) is 4.90 Å². The van der Waals surface area contributed by atoms with Gasteiger partial charge in [0.15, 0.2) is 0 Å². The van der Waals surface area contributed by atoms with Crippen LogP contribution in [-0.2, 0) is 0 Å². The van der Waals surface area contributed by atoms with Crippen LogP contribution in [-0.4, -0.2) is 42.9 Å². The average Bonchev–Trinajstić information content (AvgIpc) is 3.52. The monoisotopic (exact) mass is 535 g/mol. The topological polar surface area (TPSA) is 82.9 Å². The van der Waals surface area contributed by atoms with E-state index in [1.807, 2.05) is 64.9 Å². The molecule has 3 heterocycles. The van der Waals surface area contributed by atoms with Gasteiger partial charge in [-0.3, -0.25) is 9.59 Å². The fourth-order valence-electron chi connectivity index (χ4n) is 4.75. The van der Waals surface area contributed by atoms with E-state index in [2.05, 4.69) is 10.2 Å². The molecule has 0 aliphatic carbocycles. The minimum Gasteiger partial charge on any atom is -0.422 e. The number of rotatable bonds is 5. The van der Waals surface area contributed by atoms with E-state index in [-0.39, 0.29) is 11.8 Å². The fraction of sp³-hybridized carbons (Fsp3) is 0.129. The maximum Gasteiger partial charge on any atom is 0.344 e. The number of benzene rings is 3. The minimum absolute atomic E-state index is 0.0940. The Labute approximate surface area is 228 Å². The molecular weight excluding hydrogens is 510 g/mol. The predicted molar refractivity (Wildman–Crippen MR) is 155 cm³/mol. The number of thiophene rings is 1. The van der Waals surface area contributed by atoms with Crippen molar-refractivity contribution in [2.45, 2.75) is 0 Å². The van der Waals surface area contributed by atoms with E-state index in [0.717, 1.165) is 29.0 Å². The van der Waals surface area contributed by atoms with Gasteiger partial charge in [0.1, 0.15) is 5.58 Å². The SMILES string of the molecule is O=C(Nc1ccc(N2CCN(C(=O)c3cccs3)CC2)cc1)c1ccc(-c2cc3ccccc3oc2=O)cc1. The van der Waals surface area contributed by atoms with Crippen LogP contribution in [0.4, 0.5) is 11.4 Å². The highest BCUT2D eigenvalue weighted by Gasteiger charge is 2.23. The molecular formula is C31H25N3O4S. The van der Waals surface area contributed by atoms with Gasteiger partial charge in [0.25, 0.3) is 11.8 Å². The van der Waals surface area contributed by atoms with E-state index in [4.69, 9.17) is 4.42 Å². The summed E-state index contributed by atoms with van der Waals surface area (Å²) in [6, 6.07) is 27.6. The van der Waals surface area contributed by atoms with E-state index < -0.39 is 5.63 Å². The Morgan fingerprint density at radius 1 is 0.821 bits per heavy atom. The van der Waals surface area contributed by atoms with Crippen molar-refractivity contribution in [2.75, 3.05) is 36.4 Å². The number of hydrogen-bond acceptors (Lipinski definition) is 6. The second-order valence-electron chi connectivity index (χ2n) is 9.32. The van der Waals surface area contributed by atoms with Crippen LogP contribution in [0.1, 0.15) is 20.0 Å². The molecule has 0 bridgehead atoms. The molecule has 194 valence electrons. The summed E-state index contributed by atoms with van der Waals surface area (Å²) in [5.41, 5.74) is 3.49. The molecule has 8 heteroatoms. The summed E-state index contributed by atoms with van der Waals surface area (Å²) in [7, 11) is 0. The minimum atomic E-state index is -0.415. The molecule has 2 amide bonds. The molecule has 0 radical (unpaired) electrons. The van der Waals surface area contributed by atoms with Crippen molar-refractivity contribution in [3.05, 3.63) is 117 Å². The molecule has 39 heavy (non-hydrogen) atoms. The second kappa shape index (κ2) is 10.6. The molecule has 0 spiro atoms. The maximum atomic E-state index is 12.8. The molecule has 0 unspecified atom stereocenters. The molecule has 6 rings (SSSR count). The van der Waals surface area contributed by atoms with Gasteiger partial charge in [-0.1, -0.05) is 36.4 Å². The second-order valence-corrected chi connectivity index (χ2v) is 10.3. The molecule has 5 aromatic rings. The van der Waals surface area contributed by atoms with Crippen LogP contribution in [0.25, 0.3) is 22.1 Å². The van der Waals surface area contributed by atoms with Gasteiger partial charge in [-0.15, -0.1) is 11.3 Å². The van der Waals surface area contributed by atoms with Gasteiger partial charge in [0.2, 0.25) is 0 Å². The number of amides is 2. The van der Waals surface area contributed by atoms with Crippen LogP contribution < -0.4 is 15.8 Å². The maximum absolute atomic E-state index is 12.8. The molecule has 1 fully saturated rings. The van der Waals surface area contributed by atoms with Crippen molar-refractivity contribution in [3.8, 4) is 11.1 Å². The summed E-state index contributed by atoms with van der Waals surface area (Å²) in [6.07, 6.45) is 0. The smallest absolute Gasteiger partial charge is 0.344 e. The number of piperazine rings is 1. The number of anilines is 2. The van der Waals surface area contributed by atoms with Crippen LogP contribution in [0, 0.1) is 0 Å². The van der Waals surface area contributed by atoms with Gasteiger partial charge in [-0.05, 0) is 65.5 Å². The summed E-state index contributed by atoms with van der Waals surface area (Å²) in [4.78, 5) is 42.8. The van der Waals surface area contributed by atoms with Crippen LogP contribution in [0.15, 0.2) is 106 Å². The lowest BCUT2D eigenvalue weighted by Crippen LogP contribution is -2.48. The van der Waals surface area contributed by atoms with Crippen molar-refractivity contribution in [3.63, 3.8) is 0 Å². The third-order valence-corrected chi connectivity index (χ3v) is 7.75. The Kier molecular flexibility index (Phi) is 6.69. The zero-order valence-electron chi connectivity index (χ0n) is 21.0. The number of carbonyl (C=O) groups excluding carboxylic acids is 2. The average molecular weight is 536 g/mol. The van der Waals surface area contributed by atoms with E-state index in [0.29, 0.717) is 41.1 Å². The third kappa shape index (κ3) is 5.19. The zero-order chi connectivity index (χ0) is 26.8. The summed E-state index contributed by atoms with van der Waals surface area (Å²) in [5, 5.41) is 5.69. The van der Waals surface area contributed by atoms with Crippen molar-refractivity contribution in [2.24, 2.45) is 0 Å². The van der Waals surface area contributed by atoms with E-state index >= 15 is 0 Å². The first-order valence-electron chi connectivity index (χ1n) is 12.7. The third-order valence-electron chi connectivity index (χ3n) is 6.89. The van der Waals surface area contributed by atoms with Gasteiger partial charge in [-0.25, -0.2) is 4.79 Å². The van der Waals surface area contributed by atoms with Crippen LogP contribution in [0.2, 0.25) is 0 Å². The summed E-state index contributed by atoms with van der Waals surface area (Å²) < 4.78 is 5.43. The first-order valence-corrected chi connectivity index (χ1v) is 13.6. The fourth-order valence-corrected chi connectivity index (χ4v) is 5.44. The summed E-state index contributed by atoms with van der Waals surface area (Å²) >= 11 is 1.47. The van der Waals surface area contributed by atoms with Crippen LogP contribution in [0.5, 0.6) is 0 Å². The number of hydrogen-bond donors (Lipinski definition) is 1. The molecule has 1 aliphatic rings. The first-order chi connectivity index (χ1) is 19.0. The lowest BCUT2D eigenvalue weighted by molar-refractivity contribution is 0.0751.